The Morgan fingerprint density at radius 2 is 0.980 bits per heavy atom. The molecule has 0 aliphatic carbocycles. The van der Waals surface area contributed by atoms with Crippen molar-refractivity contribution in [3.63, 3.8) is 0 Å². The lowest BCUT2D eigenvalue weighted by molar-refractivity contribution is -0.161. The van der Waals surface area contributed by atoms with Gasteiger partial charge in [-0.2, -0.15) is 0 Å². The van der Waals surface area contributed by atoms with E-state index in [1.54, 1.807) is 0 Å². The number of esters is 2. The second-order valence-electron chi connectivity index (χ2n) is 13.4. The van der Waals surface area contributed by atoms with E-state index in [0.717, 1.165) is 38.5 Å². The van der Waals surface area contributed by atoms with Crippen LogP contribution in [-0.2, 0) is 32.7 Å². The molecule has 0 aliphatic heterocycles. The predicted molar refractivity (Wildman–Crippen MR) is 202 cm³/mol. The molecule has 51 heavy (non-hydrogen) atoms. The molecule has 4 atom stereocenters. The molecule has 0 saturated heterocycles. The first-order valence-electron chi connectivity index (χ1n) is 19.9. The third kappa shape index (κ3) is 34.0. The standard InChI is InChI=1S/C39H73O11P/c1-3-5-7-9-11-13-15-17-19-21-23-25-27-29-38(43)47-32-35(33-48-51(45,46)49-34-37(42)36(41)31-40)50-39(44)30-28-26-24-22-20-18-16-14-12-10-8-6-4-2/h19-22,35-37,40-42H,3-18,23-34H2,1-2H3,(H,45,46)/t35-,36-,37-/m1/s1. The molecule has 0 aromatic carbocycles. The first-order valence-corrected chi connectivity index (χ1v) is 21.4. The fraction of sp³-hybridized carbons (Fsp3) is 0.846. The molecular formula is C39H73O11P. The molecular weight excluding hydrogens is 675 g/mol. The maximum atomic E-state index is 12.6. The Morgan fingerprint density at radius 3 is 1.45 bits per heavy atom. The Hall–Kier alpha value is -1.59. The van der Waals surface area contributed by atoms with E-state index in [-0.39, 0.29) is 19.4 Å². The van der Waals surface area contributed by atoms with Crippen LogP contribution in [0.2, 0.25) is 0 Å². The number of ether oxygens (including phenoxy) is 2. The molecule has 0 saturated carbocycles. The molecule has 0 heterocycles. The quantitative estimate of drug-likeness (QED) is 0.0207. The van der Waals surface area contributed by atoms with Crippen LogP contribution in [0.15, 0.2) is 24.3 Å². The zero-order valence-electron chi connectivity index (χ0n) is 31.9. The average molecular weight is 749 g/mol. The van der Waals surface area contributed by atoms with Gasteiger partial charge in [0.05, 0.1) is 19.8 Å². The van der Waals surface area contributed by atoms with E-state index in [2.05, 4.69) is 42.7 Å². The summed E-state index contributed by atoms with van der Waals surface area (Å²) in [6.07, 6.45) is 29.3. The first-order chi connectivity index (χ1) is 24.6. The highest BCUT2D eigenvalue weighted by atomic mass is 31.2. The smallest absolute Gasteiger partial charge is 0.462 e. The van der Waals surface area contributed by atoms with Crippen LogP contribution in [0.3, 0.4) is 0 Å². The highest BCUT2D eigenvalue weighted by Crippen LogP contribution is 2.43. The van der Waals surface area contributed by atoms with E-state index in [9.17, 15) is 29.3 Å². The lowest BCUT2D eigenvalue weighted by atomic mass is 10.1. The molecule has 0 rings (SSSR count). The third-order valence-electron chi connectivity index (χ3n) is 8.48. The minimum Gasteiger partial charge on any atom is -0.462 e. The van der Waals surface area contributed by atoms with Crippen molar-refractivity contribution < 1.29 is 52.9 Å². The Morgan fingerprint density at radius 1 is 0.569 bits per heavy atom. The maximum Gasteiger partial charge on any atom is 0.472 e. The number of carbonyl (C=O) groups is 2. The summed E-state index contributed by atoms with van der Waals surface area (Å²) < 4.78 is 32.7. The Kier molecular flexibility index (Phi) is 34.3. The van der Waals surface area contributed by atoms with Gasteiger partial charge in [0.2, 0.25) is 0 Å². The van der Waals surface area contributed by atoms with Gasteiger partial charge in [0.25, 0.3) is 0 Å². The maximum absolute atomic E-state index is 12.6. The monoisotopic (exact) mass is 748 g/mol. The zero-order valence-corrected chi connectivity index (χ0v) is 32.8. The molecule has 0 aromatic heterocycles. The Balaban J connectivity index is 4.55. The van der Waals surface area contributed by atoms with Gasteiger partial charge in [0, 0.05) is 12.8 Å². The van der Waals surface area contributed by atoms with Crippen molar-refractivity contribution >= 4 is 19.8 Å². The van der Waals surface area contributed by atoms with Crippen molar-refractivity contribution in [2.24, 2.45) is 0 Å². The first kappa shape index (κ1) is 49.4. The lowest BCUT2D eigenvalue weighted by Crippen LogP contribution is -2.33. The summed E-state index contributed by atoms with van der Waals surface area (Å²) in [6.45, 7) is 1.93. The summed E-state index contributed by atoms with van der Waals surface area (Å²) in [5.74, 6) is -1.03. The molecule has 0 amide bonds. The average Bonchev–Trinajstić information content (AvgIpc) is 3.11. The summed E-state index contributed by atoms with van der Waals surface area (Å²) in [5, 5.41) is 28.0. The second kappa shape index (κ2) is 35.4. The molecule has 0 spiro atoms. The van der Waals surface area contributed by atoms with E-state index >= 15 is 0 Å². The summed E-state index contributed by atoms with van der Waals surface area (Å²) in [6, 6.07) is 0. The largest absolute Gasteiger partial charge is 0.472 e. The third-order valence-corrected chi connectivity index (χ3v) is 9.43. The van der Waals surface area contributed by atoms with Gasteiger partial charge in [0.15, 0.2) is 6.10 Å². The molecule has 0 fully saturated rings. The number of unbranched alkanes of at least 4 members (excludes halogenated alkanes) is 18. The van der Waals surface area contributed by atoms with Crippen LogP contribution < -0.4 is 0 Å². The van der Waals surface area contributed by atoms with Crippen molar-refractivity contribution in [2.75, 3.05) is 26.4 Å². The van der Waals surface area contributed by atoms with E-state index in [4.69, 9.17) is 19.1 Å². The molecule has 0 aliphatic rings. The summed E-state index contributed by atoms with van der Waals surface area (Å²) in [5.41, 5.74) is 0. The SMILES string of the molecule is CCCCCCCCCC=CCCCCC(=O)OC[C@H](COP(=O)(O)OC[C@@H](O)[C@H](O)CO)OC(=O)CCCCC=CCCCCCCCCC. The fourth-order valence-electron chi connectivity index (χ4n) is 5.21. The topological polar surface area (TPSA) is 169 Å². The van der Waals surface area contributed by atoms with Gasteiger partial charge < -0.3 is 29.7 Å². The van der Waals surface area contributed by atoms with Gasteiger partial charge in [-0.3, -0.25) is 18.6 Å². The van der Waals surface area contributed by atoms with Crippen LogP contribution in [-0.4, -0.2) is 76.9 Å². The molecule has 1 unspecified atom stereocenters. The normalized spacial score (nSPS) is 14.9. The van der Waals surface area contributed by atoms with E-state index < -0.39 is 57.9 Å². The summed E-state index contributed by atoms with van der Waals surface area (Å²) in [4.78, 5) is 34.9. The molecule has 300 valence electrons. The van der Waals surface area contributed by atoms with Crippen molar-refractivity contribution in [1.82, 2.24) is 0 Å². The van der Waals surface area contributed by atoms with Crippen molar-refractivity contribution in [1.29, 1.82) is 0 Å². The van der Waals surface area contributed by atoms with E-state index in [1.165, 1.54) is 89.9 Å². The van der Waals surface area contributed by atoms with Crippen LogP contribution in [0.5, 0.6) is 0 Å². The van der Waals surface area contributed by atoms with Gasteiger partial charge in [-0.25, -0.2) is 4.57 Å². The number of aliphatic hydroxyl groups excluding tert-OH is 3. The number of carbonyl (C=O) groups excluding carboxylic acids is 2. The molecule has 0 bridgehead atoms. The number of hydrogen-bond donors (Lipinski definition) is 4. The Labute approximate surface area is 309 Å². The van der Waals surface area contributed by atoms with Gasteiger partial charge in [-0.05, 0) is 64.2 Å². The number of rotatable bonds is 37. The highest BCUT2D eigenvalue weighted by Gasteiger charge is 2.28. The van der Waals surface area contributed by atoms with Crippen LogP contribution >= 0.6 is 7.82 Å². The number of phosphoric acid groups is 1. The van der Waals surface area contributed by atoms with Gasteiger partial charge in [0.1, 0.15) is 18.8 Å². The fourth-order valence-corrected chi connectivity index (χ4v) is 5.98. The summed E-state index contributed by atoms with van der Waals surface area (Å²) in [7, 11) is -4.73. The lowest BCUT2D eigenvalue weighted by Gasteiger charge is -2.21. The molecule has 0 radical (unpaired) electrons. The van der Waals surface area contributed by atoms with Crippen molar-refractivity contribution in [3.05, 3.63) is 24.3 Å². The molecule has 11 nitrogen and oxygen atoms in total. The van der Waals surface area contributed by atoms with Crippen LogP contribution in [0.25, 0.3) is 0 Å². The minimum atomic E-state index is -4.73. The number of hydrogen-bond acceptors (Lipinski definition) is 10. The van der Waals surface area contributed by atoms with Gasteiger partial charge in [-0.1, -0.05) is 115 Å². The molecule has 4 N–H and O–H groups in total. The second-order valence-corrected chi connectivity index (χ2v) is 14.9. The van der Waals surface area contributed by atoms with E-state index in [1.807, 2.05) is 0 Å². The van der Waals surface area contributed by atoms with Crippen molar-refractivity contribution in [2.45, 2.75) is 186 Å². The van der Waals surface area contributed by atoms with Crippen LogP contribution in [0, 0.1) is 0 Å². The highest BCUT2D eigenvalue weighted by molar-refractivity contribution is 7.47. The van der Waals surface area contributed by atoms with Gasteiger partial charge >= 0.3 is 19.8 Å². The van der Waals surface area contributed by atoms with Crippen LogP contribution in [0.4, 0.5) is 0 Å². The zero-order chi connectivity index (χ0) is 37.8. The van der Waals surface area contributed by atoms with E-state index in [0.29, 0.717) is 12.8 Å². The minimum absolute atomic E-state index is 0.126. The Bertz CT molecular complexity index is 927. The number of aliphatic hydroxyl groups is 3. The van der Waals surface area contributed by atoms with Gasteiger partial charge in [-0.15, -0.1) is 0 Å². The molecule has 0 aromatic rings. The van der Waals surface area contributed by atoms with Crippen LogP contribution in [0.1, 0.15) is 168 Å². The number of allylic oxidation sites excluding steroid dienone is 4. The summed E-state index contributed by atoms with van der Waals surface area (Å²) >= 11 is 0. The molecule has 12 heteroatoms. The predicted octanol–water partition coefficient (Wildman–Crippen LogP) is 8.80. The number of phosphoric ester groups is 1. The van der Waals surface area contributed by atoms with Crippen molar-refractivity contribution in [3.8, 4) is 0 Å².